The smallest absolute Gasteiger partial charge is 0.277 e. The number of rotatable bonds is 7. The number of benzene rings is 2. The van der Waals surface area contributed by atoms with Crippen molar-refractivity contribution in [2.24, 2.45) is 5.92 Å². The Hall–Kier alpha value is -4.73. The second kappa shape index (κ2) is 10.8. The predicted molar refractivity (Wildman–Crippen MR) is 149 cm³/mol. The molecule has 0 bridgehead atoms. The van der Waals surface area contributed by atoms with Crippen molar-refractivity contribution in [3.63, 3.8) is 0 Å². The van der Waals surface area contributed by atoms with E-state index < -0.39 is 0 Å². The molecule has 0 radical (unpaired) electrons. The molecule has 10 heteroatoms. The van der Waals surface area contributed by atoms with Crippen molar-refractivity contribution in [1.82, 2.24) is 29.6 Å². The Morgan fingerprint density at radius 1 is 0.925 bits per heavy atom. The lowest BCUT2D eigenvalue weighted by Gasteiger charge is -2.32. The van der Waals surface area contributed by atoms with Gasteiger partial charge < -0.3 is 14.9 Å². The first kappa shape index (κ1) is 25.5. The Labute approximate surface area is 228 Å². The van der Waals surface area contributed by atoms with Crippen LogP contribution >= 0.6 is 0 Å². The van der Waals surface area contributed by atoms with E-state index in [-0.39, 0.29) is 28.8 Å². The normalized spacial score (nSPS) is 14.2. The lowest BCUT2D eigenvalue weighted by Crippen LogP contribution is -2.39. The molecule has 1 aliphatic rings. The van der Waals surface area contributed by atoms with Gasteiger partial charge in [0.05, 0.1) is 11.0 Å². The molecule has 204 valence electrons. The first-order valence-corrected chi connectivity index (χ1v) is 13.5. The highest BCUT2D eigenvalue weighted by molar-refractivity contribution is 5.92. The number of halogens is 1. The van der Waals surface area contributed by atoms with Crippen LogP contribution in [-0.2, 0) is 19.3 Å². The zero-order valence-electron chi connectivity index (χ0n) is 21.8. The van der Waals surface area contributed by atoms with Gasteiger partial charge in [-0.1, -0.05) is 30.3 Å². The Bertz CT molecular complexity index is 1740. The topological polar surface area (TPSA) is 120 Å². The number of hydrogen-bond donors (Lipinski definition) is 3. The van der Waals surface area contributed by atoms with Crippen LogP contribution in [0.25, 0.3) is 17.0 Å². The zero-order chi connectivity index (χ0) is 27.6. The Kier molecular flexibility index (Phi) is 6.90. The van der Waals surface area contributed by atoms with Crippen LogP contribution in [0, 0.1) is 11.7 Å². The first-order chi connectivity index (χ1) is 19.4. The van der Waals surface area contributed by atoms with Crippen molar-refractivity contribution in [3.05, 3.63) is 116 Å². The third kappa shape index (κ3) is 5.25. The molecule has 5 aromatic rings. The van der Waals surface area contributed by atoms with E-state index in [9.17, 15) is 18.8 Å². The van der Waals surface area contributed by atoms with Crippen LogP contribution in [0.3, 0.4) is 0 Å². The molecule has 4 heterocycles. The number of fused-ring (bicyclic) bond motifs is 1. The number of H-pyrrole nitrogens is 3. The van der Waals surface area contributed by atoms with Crippen molar-refractivity contribution in [3.8, 4) is 5.95 Å². The molecule has 0 aliphatic carbocycles. The van der Waals surface area contributed by atoms with Gasteiger partial charge in [-0.3, -0.25) is 19.5 Å². The van der Waals surface area contributed by atoms with Crippen molar-refractivity contribution >= 4 is 16.9 Å². The van der Waals surface area contributed by atoms with E-state index in [1.807, 2.05) is 24.3 Å². The van der Waals surface area contributed by atoms with Gasteiger partial charge in [-0.2, -0.15) is 4.68 Å². The van der Waals surface area contributed by atoms with Gasteiger partial charge in [0.15, 0.2) is 0 Å². The van der Waals surface area contributed by atoms with Crippen molar-refractivity contribution in [2.45, 2.75) is 32.1 Å². The molecule has 3 N–H and O–H groups in total. The van der Waals surface area contributed by atoms with Gasteiger partial charge in [-0.25, -0.2) is 9.37 Å². The molecule has 9 nitrogen and oxygen atoms in total. The molecule has 0 saturated carbocycles. The van der Waals surface area contributed by atoms with Crippen LogP contribution in [0.1, 0.15) is 40.2 Å². The molecular weight excluding hydrogens is 511 g/mol. The average Bonchev–Trinajstić information content (AvgIpc) is 3.53. The summed E-state index contributed by atoms with van der Waals surface area (Å²) in [6, 6.07) is 18.5. The van der Waals surface area contributed by atoms with Crippen LogP contribution in [0.2, 0.25) is 0 Å². The summed E-state index contributed by atoms with van der Waals surface area (Å²) in [5, 5.41) is 3.32. The Balaban J connectivity index is 1.23. The van der Waals surface area contributed by atoms with Gasteiger partial charge >= 0.3 is 0 Å². The third-order valence-electron chi connectivity index (χ3n) is 7.63. The maximum absolute atomic E-state index is 13.6. The molecule has 1 amide bonds. The summed E-state index contributed by atoms with van der Waals surface area (Å²) in [6.45, 7) is 1.14. The lowest BCUT2D eigenvalue weighted by atomic mass is 9.90. The molecule has 6 rings (SSSR count). The fourth-order valence-electron chi connectivity index (χ4n) is 5.43. The Morgan fingerprint density at radius 3 is 2.45 bits per heavy atom. The van der Waals surface area contributed by atoms with Gasteiger partial charge in [0.25, 0.3) is 11.5 Å². The number of nitrogens with one attached hydrogen (secondary N) is 3. The van der Waals surface area contributed by atoms with E-state index in [1.165, 1.54) is 22.9 Å². The largest absolute Gasteiger partial charge is 0.337 e. The standard InChI is InChI=1S/C30H29FN6O3/c31-21-11-8-19(9-12-21)10-13-22-26(35-37(28(22)39)30-33-23-4-1-2-5-24(23)34-30)18-20-14-16-36(17-15-20)29(40)25-6-3-7-27(38)32-25/h1-9,11-12,20,35H,10,13-18H2,(H,32,38)(H,33,34). The van der Waals surface area contributed by atoms with Crippen molar-refractivity contribution < 1.29 is 9.18 Å². The van der Waals surface area contributed by atoms with Crippen molar-refractivity contribution in [2.75, 3.05) is 13.1 Å². The van der Waals surface area contributed by atoms with Gasteiger partial charge in [0, 0.05) is 30.4 Å². The van der Waals surface area contributed by atoms with Gasteiger partial charge in [0.1, 0.15) is 11.5 Å². The minimum absolute atomic E-state index is 0.156. The number of aromatic nitrogens is 5. The first-order valence-electron chi connectivity index (χ1n) is 13.5. The minimum Gasteiger partial charge on any atom is -0.337 e. The Morgan fingerprint density at radius 2 is 1.70 bits per heavy atom. The number of carbonyl (C=O) groups excluding carboxylic acids is 1. The number of likely N-dealkylation sites (tertiary alicyclic amines) is 1. The number of aromatic amines is 3. The summed E-state index contributed by atoms with van der Waals surface area (Å²) in [4.78, 5) is 50.3. The van der Waals surface area contributed by atoms with Crippen LogP contribution in [0.4, 0.5) is 4.39 Å². The number of aryl methyl sites for hydroxylation is 1. The molecule has 3 aromatic heterocycles. The second-order valence-corrected chi connectivity index (χ2v) is 10.3. The average molecular weight is 541 g/mol. The van der Waals surface area contributed by atoms with Gasteiger partial charge in [-0.15, -0.1) is 0 Å². The highest BCUT2D eigenvalue weighted by Crippen LogP contribution is 2.24. The maximum Gasteiger partial charge on any atom is 0.277 e. The minimum atomic E-state index is -0.299. The predicted octanol–water partition coefficient (Wildman–Crippen LogP) is 3.75. The van der Waals surface area contributed by atoms with E-state index in [0.29, 0.717) is 49.6 Å². The molecular formula is C30H29FN6O3. The van der Waals surface area contributed by atoms with Crippen molar-refractivity contribution in [1.29, 1.82) is 0 Å². The summed E-state index contributed by atoms with van der Waals surface area (Å²) in [7, 11) is 0. The van der Waals surface area contributed by atoms with Crippen LogP contribution in [0.15, 0.2) is 76.3 Å². The molecule has 1 aliphatic heterocycles. The fraction of sp³-hybridized carbons (Fsp3) is 0.267. The molecule has 0 spiro atoms. The van der Waals surface area contributed by atoms with E-state index >= 15 is 0 Å². The molecule has 1 fully saturated rings. The van der Waals surface area contributed by atoms with Crippen LogP contribution in [0.5, 0.6) is 0 Å². The summed E-state index contributed by atoms with van der Waals surface area (Å²) in [5.41, 5.74) is 3.93. The highest BCUT2D eigenvalue weighted by Gasteiger charge is 2.26. The van der Waals surface area contributed by atoms with E-state index in [0.717, 1.165) is 35.1 Å². The monoisotopic (exact) mass is 540 g/mol. The number of para-hydroxylation sites is 2. The van der Waals surface area contributed by atoms with Gasteiger partial charge in [-0.05, 0) is 73.9 Å². The highest BCUT2D eigenvalue weighted by atomic mass is 19.1. The van der Waals surface area contributed by atoms with Gasteiger partial charge in [0.2, 0.25) is 11.5 Å². The maximum atomic E-state index is 13.6. The molecule has 0 unspecified atom stereocenters. The quantitative estimate of drug-likeness (QED) is 0.291. The summed E-state index contributed by atoms with van der Waals surface area (Å²) >= 11 is 0. The number of amides is 1. The van der Waals surface area contributed by atoms with E-state index in [2.05, 4.69) is 20.1 Å². The molecule has 1 saturated heterocycles. The fourth-order valence-corrected chi connectivity index (χ4v) is 5.43. The summed E-state index contributed by atoms with van der Waals surface area (Å²) in [6.07, 6.45) is 3.31. The zero-order valence-corrected chi connectivity index (χ0v) is 21.8. The SMILES string of the molecule is O=C(c1cccc(=O)[nH]1)N1CCC(Cc2[nH]n(-c3nc4ccccc4[nH]3)c(=O)c2CCc2ccc(F)cc2)CC1. The molecule has 0 atom stereocenters. The third-order valence-corrected chi connectivity index (χ3v) is 7.63. The lowest BCUT2D eigenvalue weighted by molar-refractivity contribution is 0.0684. The van der Waals surface area contributed by atoms with Crippen LogP contribution < -0.4 is 11.1 Å². The summed E-state index contributed by atoms with van der Waals surface area (Å²) in [5.74, 6) is 0.228. The summed E-state index contributed by atoms with van der Waals surface area (Å²) < 4.78 is 14.9. The number of hydrogen-bond acceptors (Lipinski definition) is 4. The van der Waals surface area contributed by atoms with E-state index in [4.69, 9.17) is 0 Å². The molecule has 40 heavy (non-hydrogen) atoms. The second-order valence-electron chi connectivity index (χ2n) is 10.3. The number of pyridine rings is 1. The number of imidazole rings is 1. The number of nitrogens with zero attached hydrogens (tertiary/aromatic N) is 3. The van der Waals surface area contributed by atoms with Crippen LogP contribution in [-0.4, -0.2) is 48.6 Å². The molecule has 2 aromatic carbocycles. The number of carbonyl (C=O) groups is 1. The van der Waals surface area contributed by atoms with E-state index in [1.54, 1.807) is 29.2 Å². The number of piperidine rings is 1.